The first-order valence-corrected chi connectivity index (χ1v) is 15.0. The van der Waals surface area contributed by atoms with Crippen molar-refractivity contribution in [1.29, 1.82) is 0 Å². The van der Waals surface area contributed by atoms with E-state index in [9.17, 15) is 26.7 Å². The van der Waals surface area contributed by atoms with Crippen LogP contribution in [0.1, 0.15) is 67.2 Å². The van der Waals surface area contributed by atoms with E-state index in [0.29, 0.717) is 48.2 Å². The van der Waals surface area contributed by atoms with Crippen molar-refractivity contribution in [2.24, 2.45) is 5.92 Å². The molecular formula is C32H36F5N5O4. The van der Waals surface area contributed by atoms with Crippen LogP contribution in [-0.4, -0.2) is 66.8 Å². The number of cyclic esters (lactones) is 1. The number of esters is 1. The summed E-state index contributed by atoms with van der Waals surface area (Å²) in [5.74, 6) is 5.12. The number of aromatic nitrogens is 2. The lowest BCUT2D eigenvalue weighted by Gasteiger charge is -2.31. The highest BCUT2D eigenvalue weighted by atomic mass is 19.4. The third-order valence-corrected chi connectivity index (χ3v) is 8.44. The molecule has 14 heteroatoms. The Labute approximate surface area is 263 Å². The largest absolute Gasteiger partial charge is 0.467 e. The van der Waals surface area contributed by atoms with Crippen molar-refractivity contribution in [3.8, 4) is 17.9 Å². The fourth-order valence-electron chi connectivity index (χ4n) is 6.43. The number of ether oxygens (including phenoxy) is 3. The lowest BCUT2D eigenvalue weighted by atomic mass is 9.91. The number of fused-ring (bicyclic) bond motifs is 2. The minimum Gasteiger partial charge on any atom is -0.467 e. The number of carbonyl (C=O) groups is 1. The summed E-state index contributed by atoms with van der Waals surface area (Å²) in [5.41, 5.74) is 6.33. The summed E-state index contributed by atoms with van der Waals surface area (Å²) < 4.78 is 82.9. The van der Waals surface area contributed by atoms with E-state index in [2.05, 4.69) is 26.7 Å². The summed E-state index contributed by atoms with van der Waals surface area (Å²) in [6, 6.07) is 2.96. The fraction of sp³-hybridized carbons (Fsp3) is 0.531. The van der Waals surface area contributed by atoms with Gasteiger partial charge in [0.25, 0.3) is 6.08 Å². The van der Waals surface area contributed by atoms with Gasteiger partial charge in [-0.2, -0.15) is 31.9 Å². The molecule has 0 saturated carbocycles. The van der Waals surface area contributed by atoms with E-state index in [1.165, 1.54) is 32.6 Å². The molecular weight excluding hydrogens is 613 g/mol. The summed E-state index contributed by atoms with van der Waals surface area (Å²) in [7, 11) is 1.40. The highest BCUT2D eigenvalue weighted by Crippen LogP contribution is 2.43. The van der Waals surface area contributed by atoms with Crippen molar-refractivity contribution in [1.82, 2.24) is 14.9 Å². The average Bonchev–Trinajstić information content (AvgIpc) is 3.57. The Morgan fingerprint density at radius 1 is 1.17 bits per heavy atom. The molecule has 3 unspecified atom stereocenters. The quantitative estimate of drug-likeness (QED) is 0.206. The van der Waals surface area contributed by atoms with Crippen LogP contribution < -0.4 is 15.4 Å². The van der Waals surface area contributed by atoms with Gasteiger partial charge in [0.05, 0.1) is 37.7 Å². The van der Waals surface area contributed by atoms with Crippen molar-refractivity contribution in [3.63, 3.8) is 0 Å². The number of methoxy groups -OCH3 is 1. The number of anilines is 2. The fourth-order valence-corrected chi connectivity index (χ4v) is 6.43. The normalized spacial score (nSPS) is 22.9. The van der Waals surface area contributed by atoms with Gasteiger partial charge in [0, 0.05) is 53.9 Å². The minimum atomic E-state index is -4.66. The molecule has 0 spiro atoms. The molecule has 1 aromatic heterocycles. The zero-order valence-electron chi connectivity index (χ0n) is 25.8. The number of carbonyl (C=O) groups excluding carboxylic acids is 1. The SMILES string of the molecule is CC#Cc1cc(N)cc(C2Cc3nc(OC)nc(N4CC(=O)OCC(C)C4)c3CO2)c1C(F)(F)F.FC(F)=C1CC2CCCN2C1. The van der Waals surface area contributed by atoms with E-state index in [1.807, 2.05) is 6.92 Å². The van der Waals surface area contributed by atoms with E-state index in [4.69, 9.17) is 19.9 Å². The summed E-state index contributed by atoms with van der Waals surface area (Å²) in [4.78, 5) is 24.9. The highest BCUT2D eigenvalue weighted by Gasteiger charge is 2.40. The second-order valence-corrected chi connectivity index (χ2v) is 11.9. The van der Waals surface area contributed by atoms with Crippen LogP contribution in [0.5, 0.6) is 6.01 Å². The van der Waals surface area contributed by atoms with Crippen LogP contribution in [0.4, 0.5) is 33.5 Å². The van der Waals surface area contributed by atoms with E-state index >= 15 is 0 Å². The maximum absolute atomic E-state index is 14.1. The molecule has 1 aromatic carbocycles. The number of alkyl halides is 3. The molecule has 3 fully saturated rings. The Morgan fingerprint density at radius 3 is 2.63 bits per heavy atom. The Balaban J connectivity index is 0.000000316. The second-order valence-electron chi connectivity index (χ2n) is 11.9. The number of nitrogens with zero attached hydrogens (tertiary/aromatic N) is 4. The van der Waals surface area contributed by atoms with Crippen LogP contribution in [0.3, 0.4) is 0 Å². The van der Waals surface area contributed by atoms with Crippen LogP contribution in [0, 0.1) is 17.8 Å². The zero-order chi connectivity index (χ0) is 33.2. The van der Waals surface area contributed by atoms with Gasteiger partial charge in [-0.1, -0.05) is 12.8 Å². The van der Waals surface area contributed by atoms with Crippen LogP contribution in [0.2, 0.25) is 0 Å². The van der Waals surface area contributed by atoms with Gasteiger partial charge in [-0.3, -0.25) is 9.69 Å². The number of hydrogen-bond acceptors (Lipinski definition) is 9. The molecule has 46 heavy (non-hydrogen) atoms. The van der Waals surface area contributed by atoms with E-state index in [0.717, 1.165) is 13.0 Å². The summed E-state index contributed by atoms with van der Waals surface area (Å²) in [6.45, 7) is 5.64. The van der Waals surface area contributed by atoms with Crippen molar-refractivity contribution in [3.05, 3.63) is 51.7 Å². The van der Waals surface area contributed by atoms with Gasteiger partial charge < -0.3 is 24.8 Å². The van der Waals surface area contributed by atoms with Crippen LogP contribution in [0.15, 0.2) is 23.8 Å². The standard InChI is InChI=1S/C24H25F3N4O4.C8H11F2N/c1-4-5-14-6-15(28)7-16(21(14)24(25,26)27)19-8-18-17(12-34-19)22(30-23(29-18)33-3)31-9-13(2)11-35-20(32)10-31;9-8(10)6-4-7-2-1-3-11(7)5-6/h6-7,13,19H,8-12,28H2,1-3H3;7H,1-5H2. The molecule has 6 rings (SSSR count). The third kappa shape index (κ3) is 7.36. The first-order chi connectivity index (χ1) is 21.9. The molecule has 0 amide bonds. The average molecular weight is 650 g/mol. The molecule has 3 atom stereocenters. The molecule has 9 nitrogen and oxygen atoms in total. The van der Waals surface area contributed by atoms with Gasteiger partial charge in [-0.25, -0.2) is 0 Å². The molecule has 3 saturated heterocycles. The van der Waals surface area contributed by atoms with Crippen LogP contribution >= 0.6 is 0 Å². The Morgan fingerprint density at radius 2 is 1.96 bits per heavy atom. The smallest absolute Gasteiger partial charge is 0.417 e. The van der Waals surface area contributed by atoms with Crippen molar-refractivity contribution < 1.29 is 41.0 Å². The monoisotopic (exact) mass is 649 g/mol. The number of nitrogens with two attached hydrogens (primary N) is 1. The Hall–Kier alpha value is -3.96. The molecule has 4 aliphatic rings. The maximum Gasteiger partial charge on any atom is 0.417 e. The number of benzene rings is 1. The number of halogens is 5. The molecule has 0 radical (unpaired) electrons. The Bertz CT molecular complexity index is 1550. The maximum atomic E-state index is 14.1. The molecule has 0 bridgehead atoms. The molecule has 4 aliphatic heterocycles. The van der Waals surface area contributed by atoms with E-state index < -0.39 is 29.9 Å². The minimum absolute atomic E-state index is 0.0210. The van der Waals surface area contributed by atoms with Gasteiger partial charge in [0.1, 0.15) is 12.4 Å². The summed E-state index contributed by atoms with van der Waals surface area (Å²) in [6.07, 6.45) is -4.14. The summed E-state index contributed by atoms with van der Waals surface area (Å²) in [5, 5.41) is 0. The molecule has 248 valence electrons. The number of hydrogen-bond donors (Lipinski definition) is 1. The van der Waals surface area contributed by atoms with Gasteiger partial charge in [0.15, 0.2) is 0 Å². The van der Waals surface area contributed by atoms with Gasteiger partial charge in [-0.15, -0.1) is 5.92 Å². The van der Waals surface area contributed by atoms with Crippen LogP contribution in [-0.2, 0) is 33.5 Å². The molecule has 2 N–H and O–H groups in total. The number of nitrogen functional groups attached to an aromatic ring is 1. The van der Waals surface area contributed by atoms with Gasteiger partial charge in [0.2, 0.25) is 0 Å². The zero-order valence-corrected chi connectivity index (χ0v) is 25.8. The molecule has 0 aliphatic carbocycles. The van der Waals surface area contributed by atoms with Gasteiger partial charge >= 0.3 is 18.2 Å². The topological polar surface area (TPSA) is 103 Å². The first kappa shape index (κ1) is 33.4. The molecule has 2 aromatic rings. The van der Waals surface area contributed by atoms with Crippen molar-refractivity contribution in [2.75, 3.05) is 50.5 Å². The van der Waals surface area contributed by atoms with Crippen LogP contribution in [0.25, 0.3) is 0 Å². The number of rotatable bonds is 3. The first-order valence-electron chi connectivity index (χ1n) is 15.0. The van der Waals surface area contributed by atoms with E-state index in [1.54, 1.807) is 4.90 Å². The second kappa shape index (κ2) is 13.8. The van der Waals surface area contributed by atoms with Crippen molar-refractivity contribution >= 4 is 17.5 Å². The summed E-state index contributed by atoms with van der Waals surface area (Å²) >= 11 is 0. The van der Waals surface area contributed by atoms with Crippen molar-refractivity contribution in [2.45, 2.75) is 64.5 Å². The Kier molecular flexibility index (Phi) is 10.0. The predicted octanol–water partition coefficient (Wildman–Crippen LogP) is 5.28. The highest BCUT2D eigenvalue weighted by molar-refractivity contribution is 5.76. The van der Waals surface area contributed by atoms with E-state index in [-0.39, 0.29) is 54.9 Å². The third-order valence-electron chi connectivity index (χ3n) is 8.44. The molecule has 5 heterocycles. The van der Waals surface area contributed by atoms with Gasteiger partial charge in [-0.05, 0) is 50.4 Å². The predicted molar refractivity (Wildman–Crippen MR) is 159 cm³/mol. The lowest BCUT2D eigenvalue weighted by molar-refractivity contribution is -0.142. The lowest BCUT2D eigenvalue weighted by Crippen LogP contribution is -2.34.